The Bertz CT molecular complexity index is 1830. The first-order chi connectivity index (χ1) is 25.2. The second kappa shape index (κ2) is 19.2. The van der Waals surface area contributed by atoms with Gasteiger partial charge in [-0.25, -0.2) is 4.98 Å². The standard InChI is InChI=1S/C41H50N4O6S/c1-5-7-22-49-23-24-51-36-13-8-31(9-14-36)32-10-17-38-34(25-32)26-33(18-20-44(38)27-30(3)4)41(47)43-35-11-15-37(16-12-35)52(48)29-39-42-19-21-45(39)28-40(46)50-6-2/h8-17,19,21,25-26,30H,5-7,18,20,22-24,27-29H2,1-4H3,(H,43,47). The lowest BCUT2D eigenvalue weighted by molar-refractivity contribution is -0.143. The number of imidazole rings is 1. The molecule has 0 saturated heterocycles. The van der Waals surface area contributed by atoms with E-state index in [0.29, 0.717) is 54.1 Å². The van der Waals surface area contributed by atoms with Crippen LogP contribution in [0.25, 0.3) is 17.2 Å². The molecular weight excluding hydrogens is 677 g/mol. The number of unbranched alkanes of at least 4 members (excludes halogenated alkanes) is 1. The highest BCUT2D eigenvalue weighted by Gasteiger charge is 2.21. The summed E-state index contributed by atoms with van der Waals surface area (Å²) in [4.78, 5) is 32.9. The zero-order chi connectivity index (χ0) is 36.9. The van der Waals surface area contributed by atoms with E-state index >= 15 is 0 Å². The lowest BCUT2D eigenvalue weighted by Gasteiger charge is -2.27. The number of ether oxygens (including phenoxy) is 3. The molecule has 0 radical (unpaired) electrons. The average molecular weight is 727 g/mol. The van der Waals surface area contributed by atoms with Crippen molar-refractivity contribution < 1.29 is 28.0 Å². The molecule has 4 aromatic rings. The number of benzene rings is 3. The summed E-state index contributed by atoms with van der Waals surface area (Å²) < 4.78 is 31.3. The Morgan fingerprint density at radius 3 is 2.46 bits per heavy atom. The van der Waals surface area contributed by atoms with Gasteiger partial charge < -0.3 is 29.0 Å². The maximum Gasteiger partial charge on any atom is 0.325 e. The summed E-state index contributed by atoms with van der Waals surface area (Å²) in [5, 5.41) is 3.05. The molecule has 3 aromatic carbocycles. The van der Waals surface area contributed by atoms with E-state index in [-0.39, 0.29) is 24.2 Å². The Kier molecular flexibility index (Phi) is 14.2. The Morgan fingerprint density at radius 1 is 0.962 bits per heavy atom. The molecule has 276 valence electrons. The highest BCUT2D eigenvalue weighted by Crippen LogP contribution is 2.34. The molecule has 0 fully saturated rings. The van der Waals surface area contributed by atoms with Gasteiger partial charge in [0.2, 0.25) is 0 Å². The smallest absolute Gasteiger partial charge is 0.325 e. The van der Waals surface area contributed by atoms with E-state index in [4.69, 9.17) is 14.2 Å². The zero-order valence-electron chi connectivity index (χ0n) is 30.6. The predicted molar refractivity (Wildman–Crippen MR) is 207 cm³/mol. The van der Waals surface area contributed by atoms with Crippen LogP contribution in [-0.2, 0) is 42.2 Å². The van der Waals surface area contributed by atoms with Gasteiger partial charge in [0.15, 0.2) is 0 Å². The maximum atomic E-state index is 13.7. The van der Waals surface area contributed by atoms with Crippen molar-refractivity contribution in [2.24, 2.45) is 5.92 Å². The number of amides is 1. The number of rotatable bonds is 18. The van der Waals surface area contributed by atoms with Gasteiger partial charge >= 0.3 is 5.97 Å². The fraction of sp³-hybridized carbons (Fsp3) is 0.390. The van der Waals surface area contributed by atoms with Crippen LogP contribution in [0.5, 0.6) is 5.75 Å². The summed E-state index contributed by atoms with van der Waals surface area (Å²) in [6, 6.07) is 21.5. The van der Waals surface area contributed by atoms with Crippen molar-refractivity contribution in [3.63, 3.8) is 0 Å². The number of hydrogen-bond donors (Lipinski definition) is 1. The molecule has 0 bridgehead atoms. The Balaban J connectivity index is 1.26. The van der Waals surface area contributed by atoms with Gasteiger partial charge in [0.25, 0.3) is 5.91 Å². The van der Waals surface area contributed by atoms with Gasteiger partial charge in [-0.2, -0.15) is 0 Å². The molecule has 11 heteroatoms. The Hall–Kier alpha value is -4.74. The number of nitrogens with zero attached hydrogens (tertiary/aromatic N) is 3. The average Bonchev–Trinajstić information content (AvgIpc) is 3.48. The van der Waals surface area contributed by atoms with Crippen LogP contribution in [0.15, 0.2) is 89.6 Å². The Morgan fingerprint density at radius 2 is 1.73 bits per heavy atom. The summed E-state index contributed by atoms with van der Waals surface area (Å²) in [6.45, 7) is 12.1. The van der Waals surface area contributed by atoms with E-state index in [2.05, 4.69) is 66.3 Å². The van der Waals surface area contributed by atoms with E-state index in [0.717, 1.165) is 60.7 Å². The number of hydrogen-bond acceptors (Lipinski definition) is 8. The van der Waals surface area contributed by atoms with E-state index in [9.17, 15) is 13.8 Å². The van der Waals surface area contributed by atoms with Gasteiger partial charge in [-0.1, -0.05) is 45.4 Å². The van der Waals surface area contributed by atoms with Crippen molar-refractivity contribution in [1.82, 2.24) is 9.55 Å². The number of carbonyl (C=O) groups is 2. The third kappa shape index (κ3) is 10.9. The van der Waals surface area contributed by atoms with E-state index in [1.165, 1.54) is 0 Å². The normalized spacial score (nSPS) is 13.2. The molecule has 2 heterocycles. The minimum atomic E-state index is -1.40. The molecule has 0 aliphatic carbocycles. The quantitative estimate of drug-likeness (QED) is 0.0829. The van der Waals surface area contributed by atoms with E-state index in [1.807, 2.05) is 18.2 Å². The van der Waals surface area contributed by atoms with Gasteiger partial charge in [-0.3, -0.25) is 13.8 Å². The SMILES string of the molecule is CCCCOCCOc1ccc(-c2ccc3c(c2)C=C(C(=O)Nc2ccc(S(=O)Cc4nccn4CC(=O)OCC)cc2)CCN3CC(C)C)cc1. The van der Waals surface area contributed by atoms with Crippen LogP contribution in [0.1, 0.15) is 58.3 Å². The summed E-state index contributed by atoms with van der Waals surface area (Å²) in [6.07, 6.45) is 8.02. The first-order valence-electron chi connectivity index (χ1n) is 18.1. The van der Waals surface area contributed by atoms with Crippen LogP contribution in [0.2, 0.25) is 0 Å². The molecule has 1 amide bonds. The monoisotopic (exact) mass is 726 g/mol. The molecule has 0 spiro atoms. The Labute approximate surface area is 309 Å². The van der Waals surface area contributed by atoms with Crippen molar-refractivity contribution in [3.8, 4) is 16.9 Å². The lowest BCUT2D eigenvalue weighted by Crippen LogP contribution is -2.29. The van der Waals surface area contributed by atoms with Crippen molar-refractivity contribution in [2.45, 2.75) is 64.2 Å². The highest BCUT2D eigenvalue weighted by atomic mass is 32.2. The number of esters is 1. The number of aromatic nitrogens is 2. The first-order valence-corrected chi connectivity index (χ1v) is 19.4. The predicted octanol–water partition coefficient (Wildman–Crippen LogP) is 7.50. The summed E-state index contributed by atoms with van der Waals surface area (Å²) in [7, 11) is -1.40. The molecule has 1 aliphatic rings. The van der Waals surface area contributed by atoms with Gasteiger partial charge in [0.1, 0.15) is 24.7 Å². The molecule has 1 N–H and O–H groups in total. The van der Waals surface area contributed by atoms with Crippen LogP contribution in [-0.4, -0.2) is 65.2 Å². The summed E-state index contributed by atoms with van der Waals surface area (Å²) in [5.41, 5.74) is 5.53. The largest absolute Gasteiger partial charge is 0.491 e. The zero-order valence-corrected chi connectivity index (χ0v) is 31.5. The third-order valence-corrected chi connectivity index (χ3v) is 9.91. The molecule has 1 unspecified atom stereocenters. The number of carbonyl (C=O) groups excluding carboxylic acids is 2. The number of fused-ring (bicyclic) bond motifs is 1. The highest BCUT2D eigenvalue weighted by molar-refractivity contribution is 7.84. The molecule has 5 rings (SSSR count). The molecule has 1 aliphatic heterocycles. The second-order valence-corrected chi connectivity index (χ2v) is 14.6. The second-order valence-electron chi connectivity index (χ2n) is 13.1. The third-order valence-electron chi connectivity index (χ3n) is 8.59. The first kappa shape index (κ1) is 38.5. The molecule has 10 nitrogen and oxygen atoms in total. The van der Waals surface area contributed by atoms with Crippen molar-refractivity contribution in [3.05, 3.63) is 96.1 Å². The fourth-order valence-electron chi connectivity index (χ4n) is 5.97. The molecular formula is C41H50N4O6S. The van der Waals surface area contributed by atoms with Crippen LogP contribution >= 0.6 is 0 Å². The van der Waals surface area contributed by atoms with E-state index < -0.39 is 10.8 Å². The lowest BCUT2D eigenvalue weighted by atomic mass is 10.00. The maximum absolute atomic E-state index is 13.7. The summed E-state index contributed by atoms with van der Waals surface area (Å²) >= 11 is 0. The molecule has 1 aromatic heterocycles. The molecule has 1 atom stereocenters. The van der Waals surface area contributed by atoms with Crippen LogP contribution < -0.4 is 15.0 Å². The fourth-order valence-corrected chi connectivity index (χ4v) is 7.05. The topological polar surface area (TPSA) is 112 Å². The van der Waals surface area contributed by atoms with Crippen molar-refractivity contribution in [2.75, 3.05) is 49.7 Å². The van der Waals surface area contributed by atoms with Gasteiger partial charge in [-0.05, 0) is 97.0 Å². The minimum Gasteiger partial charge on any atom is -0.491 e. The number of anilines is 2. The van der Waals surface area contributed by atoms with Crippen molar-refractivity contribution >= 4 is 40.1 Å². The molecule has 52 heavy (non-hydrogen) atoms. The van der Waals surface area contributed by atoms with Gasteiger partial charge in [0.05, 0.1) is 29.8 Å². The number of nitrogens with one attached hydrogen (secondary N) is 1. The minimum absolute atomic E-state index is 0.0145. The van der Waals surface area contributed by atoms with Crippen LogP contribution in [0.4, 0.5) is 11.4 Å². The van der Waals surface area contributed by atoms with Crippen molar-refractivity contribution in [1.29, 1.82) is 0 Å². The molecule has 0 saturated carbocycles. The van der Waals surface area contributed by atoms with Crippen LogP contribution in [0, 0.1) is 5.92 Å². The van der Waals surface area contributed by atoms with E-state index in [1.54, 1.807) is 48.1 Å². The van der Waals surface area contributed by atoms with Gasteiger partial charge in [-0.15, -0.1) is 0 Å². The summed E-state index contributed by atoms with van der Waals surface area (Å²) in [5.74, 6) is 1.39. The van der Waals surface area contributed by atoms with Crippen LogP contribution in [0.3, 0.4) is 0 Å². The van der Waals surface area contributed by atoms with Gasteiger partial charge in [0, 0.05) is 53.9 Å².